The third kappa shape index (κ3) is 2.17. The van der Waals surface area contributed by atoms with E-state index >= 15 is 0 Å². The van der Waals surface area contributed by atoms with Crippen molar-refractivity contribution in [1.29, 1.82) is 0 Å². The molecule has 0 amide bonds. The highest BCUT2D eigenvalue weighted by Gasteiger charge is 2.66. The summed E-state index contributed by atoms with van der Waals surface area (Å²) in [5.74, 6) is -8.88. The van der Waals surface area contributed by atoms with E-state index in [9.17, 15) is 22.0 Å². The molecule has 0 aromatic carbocycles. The molecule has 5 heteroatoms. The second-order valence-corrected chi connectivity index (χ2v) is 3.58. The van der Waals surface area contributed by atoms with Crippen LogP contribution in [0.3, 0.4) is 0 Å². The third-order valence-electron chi connectivity index (χ3n) is 2.34. The monoisotopic (exact) mass is 218 g/mol. The van der Waals surface area contributed by atoms with Crippen LogP contribution in [0.2, 0.25) is 0 Å². The lowest BCUT2D eigenvalue weighted by atomic mass is 9.90. The molecule has 1 atom stereocenters. The van der Waals surface area contributed by atoms with Gasteiger partial charge in [-0.05, 0) is 13.3 Å². The second kappa shape index (κ2) is 4.03. The Morgan fingerprint density at radius 2 is 1.36 bits per heavy atom. The number of hydrogen-bond donors (Lipinski definition) is 0. The first kappa shape index (κ1) is 13.7. The van der Waals surface area contributed by atoms with Gasteiger partial charge in [0.1, 0.15) is 0 Å². The normalized spacial score (nSPS) is 18.0. The first-order chi connectivity index (χ1) is 6.12. The molecule has 0 aromatic rings. The Morgan fingerprint density at radius 3 is 1.64 bits per heavy atom. The zero-order valence-electron chi connectivity index (χ0n) is 8.51. The molecule has 0 saturated carbocycles. The minimum absolute atomic E-state index is 0.109. The van der Waals surface area contributed by atoms with Crippen molar-refractivity contribution < 1.29 is 22.0 Å². The molecule has 0 aliphatic heterocycles. The maximum atomic E-state index is 13.2. The summed E-state index contributed by atoms with van der Waals surface area (Å²) >= 11 is 0. The fourth-order valence-electron chi connectivity index (χ4n) is 1.07. The van der Waals surface area contributed by atoms with Crippen molar-refractivity contribution in [3.63, 3.8) is 0 Å². The molecule has 0 nitrogen and oxygen atoms in total. The Balaban J connectivity index is 4.92. The molecule has 0 bridgehead atoms. The fraction of sp³-hybridized carbons (Fsp3) is 1.00. The van der Waals surface area contributed by atoms with Crippen molar-refractivity contribution in [3.8, 4) is 0 Å². The molecule has 86 valence electrons. The van der Waals surface area contributed by atoms with Gasteiger partial charge < -0.3 is 0 Å². The topological polar surface area (TPSA) is 0 Å². The molecule has 0 N–H and O–H groups in total. The van der Waals surface area contributed by atoms with Gasteiger partial charge in [0.25, 0.3) is 0 Å². The van der Waals surface area contributed by atoms with Crippen LogP contribution in [0.1, 0.15) is 40.0 Å². The summed E-state index contributed by atoms with van der Waals surface area (Å²) in [7, 11) is 0. The molecule has 0 saturated heterocycles. The van der Waals surface area contributed by atoms with Crippen molar-refractivity contribution in [2.75, 3.05) is 0 Å². The average Bonchev–Trinajstić information content (AvgIpc) is 2.03. The molecule has 0 radical (unpaired) electrons. The van der Waals surface area contributed by atoms with Gasteiger partial charge in [-0.15, -0.1) is 0 Å². The van der Waals surface area contributed by atoms with Gasteiger partial charge in [-0.3, -0.25) is 0 Å². The smallest absolute Gasteiger partial charge is 0.237 e. The van der Waals surface area contributed by atoms with Crippen LogP contribution in [0.5, 0.6) is 0 Å². The summed E-state index contributed by atoms with van der Waals surface area (Å²) in [4.78, 5) is 0. The minimum atomic E-state index is -4.61. The number of alkyl halides is 5. The van der Waals surface area contributed by atoms with E-state index in [1.165, 1.54) is 6.92 Å². The van der Waals surface area contributed by atoms with E-state index in [4.69, 9.17) is 0 Å². The van der Waals surface area contributed by atoms with Gasteiger partial charge >= 0.3 is 11.8 Å². The molecule has 0 aromatic heterocycles. The zero-order valence-corrected chi connectivity index (χ0v) is 8.51. The second-order valence-electron chi connectivity index (χ2n) is 3.58. The lowest BCUT2D eigenvalue weighted by Gasteiger charge is -2.35. The molecule has 0 heterocycles. The first-order valence-corrected chi connectivity index (χ1v) is 4.57. The highest BCUT2D eigenvalue weighted by Crippen LogP contribution is 2.47. The first-order valence-electron chi connectivity index (χ1n) is 4.57. The van der Waals surface area contributed by atoms with Crippen LogP contribution in [0.15, 0.2) is 0 Å². The van der Waals surface area contributed by atoms with Crippen molar-refractivity contribution in [2.24, 2.45) is 0 Å². The number of rotatable bonds is 5. The molecule has 14 heavy (non-hydrogen) atoms. The molecule has 0 spiro atoms. The molecular formula is C9H15F5. The predicted octanol–water partition coefficient (Wildman–Crippen LogP) is 4.20. The minimum Gasteiger partial charge on any atom is -0.237 e. The summed E-state index contributed by atoms with van der Waals surface area (Å²) in [5.41, 5.74) is -3.16. The maximum absolute atomic E-state index is 13.2. The van der Waals surface area contributed by atoms with Crippen molar-refractivity contribution in [3.05, 3.63) is 0 Å². The Morgan fingerprint density at radius 1 is 0.929 bits per heavy atom. The molecule has 0 aliphatic carbocycles. The number of hydrogen-bond acceptors (Lipinski definition) is 0. The molecule has 1 unspecified atom stereocenters. The van der Waals surface area contributed by atoms with Crippen LogP contribution in [-0.4, -0.2) is 17.5 Å². The van der Waals surface area contributed by atoms with E-state index in [-0.39, 0.29) is 6.42 Å². The zero-order chi connectivity index (χ0) is 11.6. The van der Waals surface area contributed by atoms with Crippen LogP contribution >= 0.6 is 0 Å². The van der Waals surface area contributed by atoms with E-state index in [1.54, 1.807) is 0 Å². The summed E-state index contributed by atoms with van der Waals surface area (Å²) in [5, 5.41) is 0. The largest absolute Gasteiger partial charge is 0.342 e. The van der Waals surface area contributed by atoms with Gasteiger partial charge in [-0.2, -0.15) is 17.6 Å². The van der Waals surface area contributed by atoms with Crippen molar-refractivity contribution in [2.45, 2.75) is 57.5 Å². The van der Waals surface area contributed by atoms with Crippen LogP contribution in [0.25, 0.3) is 0 Å². The SMILES string of the molecule is CCCC(F)(F)C(F)(F)C(C)(F)CC. The molecular weight excluding hydrogens is 203 g/mol. The van der Waals surface area contributed by atoms with E-state index in [1.807, 2.05) is 0 Å². The van der Waals surface area contributed by atoms with E-state index in [0.29, 0.717) is 6.92 Å². The summed E-state index contributed by atoms with van der Waals surface area (Å²) in [6.07, 6.45) is -1.75. The quantitative estimate of drug-likeness (QED) is 0.607. The van der Waals surface area contributed by atoms with Gasteiger partial charge in [-0.1, -0.05) is 20.3 Å². The highest BCUT2D eigenvalue weighted by atomic mass is 19.3. The maximum Gasteiger partial charge on any atom is 0.342 e. The van der Waals surface area contributed by atoms with Crippen LogP contribution in [0, 0.1) is 0 Å². The van der Waals surface area contributed by atoms with Gasteiger partial charge in [0.15, 0.2) is 5.67 Å². The van der Waals surface area contributed by atoms with E-state index < -0.39 is 30.4 Å². The summed E-state index contributed by atoms with van der Waals surface area (Å²) < 4.78 is 65.1. The molecule has 0 rings (SSSR count). The van der Waals surface area contributed by atoms with Crippen LogP contribution in [0.4, 0.5) is 22.0 Å². The van der Waals surface area contributed by atoms with Gasteiger partial charge in [0, 0.05) is 6.42 Å². The fourth-order valence-corrected chi connectivity index (χ4v) is 1.07. The Bertz CT molecular complexity index is 186. The Hall–Kier alpha value is -0.350. The molecule has 0 fully saturated rings. The highest BCUT2D eigenvalue weighted by molar-refractivity contribution is 4.98. The third-order valence-corrected chi connectivity index (χ3v) is 2.34. The van der Waals surface area contributed by atoms with E-state index in [0.717, 1.165) is 6.92 Å². The van der Waals surface area contributed by atoms with Crippen LogP contribution < -0.4 is 0 Å². The Kier molecular flexibility index (Phi) is 3.93. The number of halogens is 5. The van der Waals surface area contributed by atoms with Crippen molar-refractivity contribution >= 4 is 0 Å². The van der Waals surface area contributed by atoms with Gasteiger partial charge in [0.2, 0.25) is 0 Å². The van der Waals surface area contributed by atoms with Gasteiger partial charge in [-0.25, -0.2) is 4.39 Å². The van der Waals surface area contributed by atoms with Gasteiger partial charge in [0.05, 0.1) is 0 Å². The molecule has 0 aliphatic rings. The van der Waals surface area contributed by atoms with E-state index in [2.05, 4.69) is 0 Å². The Labute approximate surface area is 80.5 Å². The predicted molar refractivity (Wildman–Crippen MR) is 44.6 cm³/mol. The standard InChI is InChI=1S/C9H15F5/c1-4-6-8(11,12)9(13,14)7(3,10)5-2/h4-6H2,1-3H3. The average molecular weight is 218 g/mol. The lowest BCUT2D eigenvalue weighted by Crippen LogP contribution is -2.54. The summed E-state index contributed by atoms with van der Waals surface area (Å²) in [6.45, 7) is 2.98. The lowest BCUT2D eigenvalue weighted by molar-refractivity contribution is -0.270. The van der Waals surface area contributed by atoms with Crippen LogP contribution in [-0.2, 0) is 0 Å². The van der Waals surface area contributed by atoms with Crippen molar-refractivity contribution in [1.82, 2.24) is 0 Å². The summed E-state index contributed by atoms with van der Waals surface area (Å²) in [6, 6.07) is 0.